The van der Waals surface area contributed by atoms with E-state index in [-0.39, 0.29) is 23.8 Å². The van der Waals surface area contributed by atoms with Gasteiger partial charge in [0.2, 0.25) is 0 Å². The molecule has 0 aliphatic rings. The maximum atomic E-state index is 12.4. The zero-order chi connectivity index (χ0) is 20.3. The fourth-order valence-electron chi connectivity index (χ4n) is 3.25. The lowest BCUT2D eigenvalue weighted by molar-refractivity contribution is -0.136. The number of carbonyl (C=O) groups is 2. The summed E-state index contributed by atoms with van der Waals surface area (Å²) in [5.41, 5.74) is 0. The van der Waals surface area contributed by atoms with Crippen molar-refractivity contribution in [2.24, 2.45) is 11.8 Å². The van der Waals surface area contributed by atoms with Gasteiger partial charge in [-0.15, -0.1) is 0 Å². The molecule has 146 valence electrons. The monoisotopic (exact) mass is 378 g/mol. The van der Waals surface area contributed by atoms with Crippen LogP contribution in [-0.2, 0) is 9.59 Å². The first-order chi connectivity index (χ1) is 13.4. The fourth-order valence-corrected chi connectivity index (χ4v) is 3.25. The highest BCUT2D eigenvalue weighted by Crippen LogP contribution is 2.43. The second kappa shape index (κ2) is 8.42. The van der Waals surface area contributed by atoms with Crippen LogP contribution in [0.15, 0.2) is 48.5 Å². The summed E-state index contributed by atoms with van der Waals surface area (Å²) in [5.74, 6) is 0.910. The number of benzene rings is 3. The van der Waals surface area contributed by atoms with Gasteiger partial charge in [-0.3, -0.25) is 9.59 Å². The molecule has 0 saturated heterocycles. The molecule has 0 amide bonds. The van der Waals surface area contributed by atoms with E-state index < -0.39 is 0 Å². The zero-order valence-electron chi connectivity index (χ0n) is 16.8. The quantitative estimate of drug-likeness (QED) is 0.305. The van der Waals surface area contributed by atoms with E-state index in [1.165, 1.54) is 0 Å². The summed E-state index contributed by atoms with van der Waals surface area (Å²) in [5, 5.41) is 3.02. The van der Waals surface area contributed by atoms with Gasteiger partial charge in [0.15, 0.2) is 0 Å². The standard InChI is InChI=1S/C24H26O4/c1-15(2)13-21(25)27-23-17-9-5-7-11-19(17)24(28-22(26)14-16(3)4)20-12-8-6-10-18(20)23/h5-12,15-16H,13-14H2,1-4H3. The molecule has 3 aromatic carbocycles. The van der Waals surface area contributed by atoms with Crippen molar-refractivity contribution in [3.05, 3.63) is 48.5 Å². The highest BCUT2D eigenvalue weighted by Gasteiger charge is 2.20. The summed E-state index contributed by atoms with van der Waals surface area (Å²) in [6, 6.07) is 15.1. The third-order valence-electron chi connectivity index (χ3n) is 4.41. The smallest absolute Gasteiger partial charge is 0.311 e. The van der Waals surface area contributed by atoms with Crippen molar-refractivity contribution >= 4 is 33.5 Å². The highest BCUT2D eigenvalue weighted by atomic mass is 16.5. The lowest BCUT2D eigenvalue weighted by Gasteiger charge is -2.17. The molecule has 3 rings (SSSR count). The first-order valence-electron chi connectivity index (χ1n) is 9.71. The molecule has 4 nitrogen and oxygen atoms in total. The SMILES string of the molecule is CC(C)CC(=O)Oc1c2ccccc2c(OC(=O)CC(C)C)c2ccccc12. The second-order valence-corrected chi connectivity index (χ2v) is 7.89. The number of esters is 2. The average Bonchev–Trinajstić information content (AvgIpc) is 2.63. The Bertz CT molecular complexity index is 879. The molecule has 4 heteroatoms. The molecule has 3 aromatic rings. The van der Waals surface area contributed by atoms with E-state index in [2.05, 4.69) is 0 Å². The van der Waals surface area contributed by atoms with E-state index in [1.54, 1.807) is 0 Å². The van der Waals surface area contributed by atoms with Crippen molar-refractivity contribution in [2.75, 3.05) is 0 Å². The zero-order valence-corrected chi connectivity index (χ0v) is 16.8. The van der Waals surface area contributed by atoms with Crippen LogP contribution in [0, 0.1) is 11.8 Å². The van der Waals surface area contributed by atoms with Gasteiger partial charge in [0, 0.05) is 34.4 Å². The first kappa shape index (κ1) is 19.9. The normalized spacial score (nSPS) is 11.4. The predicted octanol–water partition coefficient (Wildman–Crippen LogP) is 5.90. The van der Waals surface area contributed by atoms with E-state index >= 15 is 0 Å². The molecule has 0 spiro atoms. The van der Waals surface area contributed by atoms with Gasteiger partial charge in [-0.1, -0.05) is 76.2 Å². The van der Waals surface area contributed by atoms with Crippen molar-refractivity contribution < 1.29 is 19.1 Å². The minimum Gasteiger partial charge on any atom is -0.425 e. The predicted molar refractivity (Wildman–Crippen MR) is 112 cm³/mol. The summed E-state index contributed by atoms with van der Waals surface area (Å²) >= 11 is 0. The van der Waals surface area contributed by atoms with Crippen LogP contribution < -0.4 is 9.47 Å². The second-order valence-electron chi connectivity index (χ2n) is 7.89. The Morgan fingerprint density at radius 1 is 0.643 bits per heavy atom. The van der Waals surface area contributed by atoms with Crippen molar-refractivity contribution in [1.29, 1.82) is 0 Å². The Morgan fingerprint density at radius 2 is 0.929 bits per heavy atom. The molecule has 0 aliphatic heterocycles. The van der Waals surface area contributed by atoms with E-state index in [4.69, 9.17) is 9.47 Å². The van der Waals surface area contributed by atoms with Gasteiger partial charge in [-0.05, 0) is 11.8 Å². The molecule has 0 heterocycles. The molecule has 0 atom stereocenters. The Balaban J connectivity index is 2.18. The highest BCUT2D eigenvalue weighted by molar-refractivity contribution is 6.12. The van der Waals surface area contributed by atoms with Gasteiger partial charge in [-0.2, -0.15) is 0 Å². The number of hydrogen-bond acceptors (Lipinski definition) is 4. The van der Waals surface area contributed by atoms with Crippen molar-refractivity contribution in [3.8, 4) is 11.5 Å². The Hall–Kier alpha value is -2.88. The largest absolute Gasteiger partial charge is 0.425 e. The molecule has 0 saturated carbocycles. The van der Waals surface area contributed by atoms with E-state index in [1.807, 2.05) is 76.2 Å². The van der Waals surface area contributed by atoms with Crippen LogP contribution in [0.1, 0.15) is 40.5 Å². The first-order valence-corrected chi connectivity index (χ1v) is 9.71. The van der Waals surface area contributed by atoms with Crippen LogP contribution >= 0.6 is 0 Å². The number of hydrogen-bond donors (Lipinski definition) is 0. The van der Waals surface area contributed by atoms with Crippen molar-refractivity contribution in [1.82, 2.24) is 0 Å². The van der Waals surface area contributed by atoms with Gasteiger partial charge in [0.25, 0.3) is 0 Å². The minimum atomic E-state index is -0.269. The van der Waals surface area contributed by atoms with E-state index in [9.17, 15) is 9.59 Å². The van der Waals surface area contributed by atoms with Gasteiger partial charge < -0.3 is 9.47 Å². The number of fused-ring (bicyclic) bond motifs is 2. The molecule has 0 aliphatic carbocycles. The van der Waals surface area contributed by atoms with Crippen LogP contribution in [0.25, 0.3) is 21.5 Å². The fraction of sp³-hybridized carbons (Fsp3) is 0.333. The van der Waals surface area contributed by atoms with E-state index in [0.717, 1.165) is 21.5 Å². The lowest BCUT2D eigenvalue weighted by atomic mass is 10.0. The number of carbonyl (C=O) groups excluding carboxylic acids is 2. The van der Waals surface area contributed by atoms with Gasteiger partial charge in [0.1, 0.15) is 11.5 Å². The maximum Gasteiger partial charge on any atom is 0.311 e. The Morgan fingerprint density at radius 3 is 1.18 bits per heavy atom. The third kappa shape index (κ3) is 4.33. The van der Waals surface area contributed by atoms with Crippen molar-refractivity contribution in [2.45, 2.75) is 40.5 Å². The number of rotatable bonds is 6. The van der Waals surface area contributed by atoms with Gasteiger partial charge in [-0.25, -0.2) is 0 Å². The molecular formula is C24H26O4. The van der Waals surface area contributed by atoms with E-state index in [0.29, 0.717) is 24.3 Å². The summed E-state index contributed by atoms with van der Waals surface area (Å²) in [6.45, 7) is 7.92. The Labute approximate surface area is 165 Å². The van der Waals surface area contributed by atoms with Crippen LogP contribution in [-0.4, -0.2) is 11.9 Å². The summed E-state index contributed by atoms with van der Waals surface area (Å²) in [7, 11) is 0. The van der Waals surface area contributed by atoms with Gasteiger partial charge in [0.05, 0.1) is 0 Å². The average molecular weight is 378 g/mol. The maximum absolute atomic E-state index is 12.4. The lowest BCUT2D eigenvalue weighted by Crippen LogP contribution is -2.13. The molecule has 0 N–H and O–H groups in total. The molecule has 0 aromatic heterocycles. The molecule has 0 unspecified atom stereocenters. The minimum absolute atomic E-state index is 0.210. The molecular weight excluding hydrogens is 352 g/mol. The summed E-state index contributed by atoms with van der Waals surface area (Å²) in [4.78, 5) is 24.8. The van der Waals surface area contributed by atoms with Crippen LogP contribution in [0.3, 0.4) is 0 Å². The molecule has 0 fully saturated rings. The van der Waals surface area contributed by atoms with Crippen LogP contribution in [0.4, 0.5) is 0 Å². The molecule has 0 bridgehead atoms. The third-order valence-corrected chi connectivity index (χ3v) is 4.41. The topological polar surface area (TPSA) is 52.6 Å². The molecule has 28 heavy (non-hydrogen) atoms. The van der Waals surface area contributed by atoms with Crippen LogP contribution in [0.5, 0.6) is 11.5 Å². The molecule has 0 radical (unpaired) electrons. The van der Waals surface area contributed by atoms with Crippen LogP contribution in [0.2, 0.25) is 0 Å². The summed E-state index contributed by atoms with van der Waals surface area (Å²) in [6.07, 6.45) is 0.682. The van der Waals surface area contributed by atoms with Gasteiger partial charge >= 0.3 is 11.9 Å². The Kier molecular flexibility index (Phi) is 5.98. The van der Waals surface area contributed by atoms with Crippen molar-refractivity contribution in [3.63, 3.8) is 0 Å². The summed E-state index contributed by atoms with van der Waals surface area (Å²) < 4.78 is 11.6. The number of ether oxygens (including phenoxy) is 2.